The van der Waals surface area contributed by atoms with E-state index in [0.29, 0.717) is 23.9 Å². The van der Waals surface area contributed by atoms with Gasteiger partial charge in [0, 0.05) is 0 Å². The molecule has 0 atom stereocenters. The average molecular weight is 292 g/mol. The molecule has 1 aromatic carbocycles. The highest BCUT2D eigenvalue weighted by Crippen LogP contribution is 2.24. The van der Waals surface area contributed by atoms with Crippen molar-refractivity contribution >= 4 is 33.3 Å². The normalized spacial score (nSPS) is 11.0. The molecule has 0 aliphatic carbocycles. The first-order chi connectivity index (χ1) is 9.33. The van der Waals surface area contributed by atoms with E-state index in [0.717, 1.165) is 15.4 Å². The summed E-state index contributed by atoms with van der Waals surface area (Å²) in [4.78, 5) is 13.2. The van der Waals surface area contributed by atoms with Gasteiger partial charge in [0.25, 0.3) is 0 Å². The first kappa shape index (κ1) is 12.5. The zero-order valence-corrected chi connectivity index (χ0v) is 11.5. The fourth-order valence-corrected chi connectivity index (χ4v) is 2.74. The standard InChI is InChI=1S/C13H10ClN3OS/c14-12-11-13(16-8-15-12)19-10(17-11)7-18-6-9-4-2-1-3-5-9/h1-5,8H,6-7H2. The molecule has 0 aliphatic heterocycles. The van der Waals surface area contributed by atoms with E-state index in [9.17, 15) is 0 Å². The molecule has 0 amide bonds. The van der Waals surface area contributed by atoms with Gasteiger partial charge in [0.15, 0.2) is 5.15 Å². The molecule has 96 valence electrons. The van der Waals surface area contributed by atoms with Crippen LogP contribution in [-0.4, -0.2) is 15.0 Å². The number of nitrogens with zero attached hydrogens (tertiary/aromatic N) is 3. The lowest BCUT2D eigenvalue weighted by molar-refractivity contribution is 0.107. The maximum Gasteiger partial charge on any atom is 0.159 e. The maximum absolute atomic E-state index is 5.95. The zero-order valence-electron chi connectivity index (χ0n) is 9.91. The van der Waals surface area contributed by atoms with E-state index < -0.39 is 0 Å². The lowest BCUT2D eigenvalue weighted by Crippen LogP contribution is -1.93. The molecule has 0 unspecified atom stereocenters. The lowest BCUT2D eigenvalue weighted by Gasteiger charge is -2.01. The molecule has 0 spiro atoms. The summed E-state index contributed by atoms with van der Waals surface area (Å²) < 4.78 is 5.63. The van der Waals surface area contributed by atoms with E-state index >= 15 is 0 Å². The summed E-state index contributed by atoms with van der Waals surface area (Å²) in [5.41, 5.74) is 1.79. The number of hydrogen-bond acceptors (Lipinski definition) is 5. The molecule has 2 aromatic heterocycles. The Morgan fingerprint density at radius 1 is 1.11 bits per heavy atom. The third-order valence-electron chi connectivity index (χ3n) is 2.53. The molecule has 0 fully saturated rings. The van der Waals surface area contributed by atoms with Crippen LogP contribution in [0.1, 0.15) is 10.6 Å². The Bertz CT molecular complexity index is 687. The molecular formula is C13H10ClN3OS. The van der Waals surface area contributed by atoms with Gasteiger partial charge >= 0.3 is 0 Å². The first-order valence-electron chi connectivity index (χ1n) is 5.70. The van der Waals surface area contributed by atoms with Gasteiger partial charge in [0.05, 0.1) is 13.2 Å². The van der Waals surface area contributed by atoms with Gasteiger partial charge in [-0.3, -0.25) is 0 Å². The van der Waals surface area contributed by atoms with E-state index in [4.69, 9.17) is 16.3 Å². The summed E-state index contributed by atoms with van der Waals surface area (Å²) in [6.45, 7) is 1.02. The van der Waals surface area contributed by atoms with Gasteiger partial charge in [-0.05, 0) is 5.56 Å². The molecule has 19 heavy (non-hydrogen) atoms. The van der Waals surface area contributed by atoms with Gasteiger partial charge in [0.2, 0.25) is 0 Å². The quantitative estimate of drug-likeness (QED) is 0.691. The predicted molar refractivity (Wildman–Crippen MR) is 75.2 cm³/mol. The number of thiazole rings is 1. The molecular weight excluding hydrogens is 282 g/mol. The van der Waals surface area contributed by atoms with Gasteiger partial charge in [0.1, 0.15) is 21.7 Å². The molecule has 0 radical (unpaired) electrons. The highest BCUT2D eigenvalue weighted by molar-refractivity contribution is 7.18. The van der Waals surface area contributed by atoms with E-state index in [-0.39, 0.29) is 0 Å². The van der Waals surface area contributed by atoms with E-state index in [1.807, 2.05) is 30.3 Å². The van der Waals surface area contributed by atoms with Crippen LogP contribution in [0.3, 0.4) is 0 Å². The summed E-state index contributed by atoms with van der Waals surface area (Å²) in [6, 6.07) is 10.0. The smallest absolute Gasteiger partial charge is 0.159 e. The van der Waals surface area contributed by atoms with Crippen LogP contribution in [0.25, 0.3) is 10.3 Å². The highest BCUT2D eigenvalue weighted by atomic mass is 35.5. The third-order valence-corrected chi connectivity index (χ3v) is 3.75. The predicted octanol–water partition coefficient (Wildman–Crippen LogP) is 3.46. The Hall–Kier alpha value is -1.56. The molecule has 0 saturated carbocycles. The molecule has 3 rings (SSSR count). The number of ether oxygens (including phenoxy) is 1. The molecule has 4 nitrogen and oxygen atoms in total. The summed E-state index contributed by atoms with van der Waals surface area (Å²) >= 11 is 7.43. The summed E-state index contributed by atoms with van der Waals surface area (Å²) in [7, 11) is 0. The zero-order chi connectivity index (χ0) is 13.1. The lowest BCUT2D eigenvalue weighted by atomic mass is 10.2. The molecule has 0 bridgehead atoms. The third kappa shape index (κ3) is 2.89. The van der Waals surface area contributed by atoms with Crippen LogP contribution in [0.5, 0.6) is 0 Å². The van der Waals surface area contributed by atoms with E-state index in [2.05, 4.69) is 15.0 Å². The largest absolute Gasteiger partial charge is 0.370 e. The number of benzene rings is 1. The molecule has 0 saturated heterocycles. The minimum Gasteiger partial charge on any atom is -0.370 e. The van der Waals surface area contributed by atoms with Crippen LogP contribution < -0.4 is 0 Å². The van der Waals surface area contributed by atoms with Crippen LogP contribution in [0.2, 0.25) is 5.15 Å². The second-order valence-electron chi connectivity index (χ2n) is 3.90. The molecule has 2 heterocycles. The van der Waals surface area contributed by atoms with Crippen LogP contribution in [0, 0.1) is 0 Å². The second-order valence-corrected chi connectivity index (χ2v) is 5.32. The van der Waals surface area contributed by atoms with Gasteiger partial charge in [-0.15, -0.1) is 0 Å². The van der Waals surface area contributed by atoms with Crippen molar-refractivity contribution in [1.82, 2.24) is 15.0 Å². The number of aromatic nitrogens is 3. The minimum absolute atomic E-state index is 0.385. The van der Waals surface area contributed by atoms with Crippen molar-refractivity contribution in [3.8, 4) is 0 Å². The fourth-order valence-electron chi connectivity index (χ4n) is 1.66. The van der Waals surface area contributed by atoms with Gasteiger partial charge < -0.3 is 4.74 Å². The molecule has 3 aromatic rings. The topological polar surface area (TPSA) is 47.9 Å². The van der Waals surface area contributed by atoms with Gasteiger partial charge in [-0.2, -0.15) is 0 Å². The summed E-state index contributed by atoms with van der Waals surface area (Å²) in [6.07, 6.45) is 1.44. The number of halogens is 1. The molecule has 0 aliphatic rings. The van der Waals surface area contributed by atoms with Crippen molar-refractivity contribution in [3.63, 3.8) is 0 Å². The summed E-state index contributed by atoms with van der Waals surface area (Å²) in [5, 5.41) is 1.24. The van der Waals surface area contributed by atoms with Gasteiger partial charge in [-0.25, -0.2) is 15.0 Å². The Kier molecular flexibility index (Phi) is 3.68. The van der Waals surface area contributed by atoms with Crippen molar-refractivity contribution in [3.05, 3.63) is 52.4 Å². The maximum atomic E-state index is 5.95. The van der Waals surface area contributed by atoms with Crippen molar-refractivity contribution < 1.29 is 4.74 Å². The Balaban J connectivity index is 1.67. The van der Waals surface area contributed by atoms with Crippen molar-refractivity contribution in [2.75, 3.05) is 0 Å². The monoisotopic (exact) mass is 291 g/mol. The Morgan fingerprint density at radius 2 is 1.95 bits per heavy atom. The highest BCUT2D eigenvalue weighted by Gasteiger charge is 2.08. The number of rotatable bonds is 4. The Morgan fingerprint density at radius 3 is 2.74 bits per heavy atom. The Labute approximate surface area is 119 Å². The number of hydrogen-bond donors (Lipinski definition) is 0. The van der Waals surface area contributed by atoms with Crippen LogP contribution >= 0.6 is 22.9 Å². The summed E-state index contributed by atoms with van der Waals surface area (Å²) in [5.74, 6) is 0. The average Bonchev–Trinajstić information content (AvgIpc) is 2.84. The molecule has 6 heteroatoms. The van der Waals surface area contributed by atoms with Gasteiger partial charge in [-0.1, -0.05) is 53.3 Å². The van der Waals surface area contributed by atoms with E-state index in [1.54, 1.807) is 0 Å². The second kappa shape index (κ2) is 5.61. The van der Waals surface area contributed by atoms with Crippen LogP contribution in [0.15, 0.2) is 36.7 Å². The van der Waals surface area contributed by atoms with Crippen molar-refractivity contribution in [2.45, 2.75) is 13.2 Å². The van der Waals surface area contributed by atoms with Crippen LogP contribution in [-0.2, 0) is 18.0 Å². The molecule has 0 N–H and O–H groups in total. The first-order valence-corrected chi connectivity index (χ1v) is 6.90. The van der Waals surface area contributed by atoms with Crippen molar-refractivity contribution in [2.24, 2.45) is 0 Å². The fraction of sp³-hybridized carbons (Fsp3) is 0.154. The van der Waals surface area contributed by atoms with Crippen molar-refractivity contribution in [1.29, 1.82) is 0 Å². The SMILES string of the molecule is Clc1ncnc2sc(COCc3ccccc3)nc12. The number of fused-ring (bicyclic) bond motifs is 1. The van der Waals surface area contributed by atoms with Crippen LogP contribution in [0.4, 0.5) is 0 Å². The van der Waals surface area contributed by atoms with E-state index in [1.165, 1.54) is 17.7 Å². The minimum atomic E-state index is 0.385.